The third-order valence-electron chi connectivity index (χ3n) is 4.18. The van der Waals surface area contributed by atoms with Crippen molar-refractivity contribution >= 4 is 22.7 Å². The molecule has 0 N–H and O–H groups in total. The first kappa shape index (κ1) is 19.0. The third kappa shape index (κ3) is 5.89. The number of benzene rings is 2. The van der Waals surface area contributed by atoms with Crippen LogP contribution in [0.5, 0.6) is 0 Å². The molecule has 0 aliphatic heterocycles. The molecule has 1 unspecified atom stereocenters. The highest BCUT2D eigenvalue weighted by molar-refractivity contribution is 5.83. The average Bonchev–Trinajstić information content (AvgIpc) is 2.62. The molecule has 0 radical (unpaired) electrons. The van der Waals surface area contributed by atoms with Gasteiger partial charge in [-0.15, -0.1) is 0 Å². The van der Waals surface area contributed by atoms with Crippen LogP contribution >= 0.6 is 0 Å². The lowest BCUT2D eigenvalue weighted by Crippen LogP contribution is -2.23. The molecule has 4 heteroatoms. The molecular weight excluding hydrogens is 316 g/mol. The zero-order chi connectivity index (χ0) is 18.2. The van der Waals surface area contributed by atoms with Crippen molar-refractivity contribution in [2.45, 2.75) is 52.7 Å². The third-order valence-corrected chi connectivity index (χ3v) is 4.18. The highest BCUT2D eigenvalue weighted by Crippen LogP contribution is 2.16. The Morgan fingerprint density at radius 1 is 0.960 bits per heavy atom. The van der Waals surface area contributed by atoms with Crippen LogP contribution in [-0.2, 0) is 25.7 Å². The maximum atomic E-state index is 11.8. The van der Waals surface area contributed by atoms with E-state index < -0.39 is 0 Å². The first-order valence-electron chi connectivity index (χ1n) is 8.82. The maximum absolute atomic E-state index is 11.8. The molecule has 0 aromatic heterocycles. The summed E-state index contributed by atoms with van der Waals surface area (Å²) in [5.41, 5.74) is 0.931. The van der Waals surface area contributed by atoms with E-state index in [9.17, 15) is 9.59 Å². The van der Waals surface area contributed by atoms with Crippen molar-refractivity contribution in [2.75, 3.05) is 0 Å². The van der Waals surface area contributed by atoms with Gasteiger partial charge in [-0.1, -0.05) is 57.2 Å². The van der Waals surface area contributed by atoms with Gasteiger partial charge in [0, 0.05) is 0 Å². The molecule has 25 heavy (non-hydrogen) atoms. The topological polar surface area (TPSA) is 52.6 Å². The van der Waals surface area contributed by atoms with Crippen LogP contribution in [0.15, 0.2) is 42.5 Å². The number of carbonyl (C=O) groups is 2. The summed E-state index contributed by atoms with van der Waals surface area (Å²) in [4.78, 5) is 23.7. The molecule has 2 rings (SSSR count). The number of rotatable bonds is 8. The Balaban J connectivity index is 1.77. The minimum absolute atomic E-state index is 0.0426. The molecule has 4 nitrogen and oxygen atoms in total. The monoisotopic (exact) mass is 342 g/mol. The van der Waals surface area contributed by atoms with Gasteiger partial charge >= 0.3 is 11.9 Å². The Labute approximate surface area is 149 Å². The average molecular weight is 342 g/mol. The Morgan fingerprint density at radius 3 is 2.32 bits per heavy atom. The second kappa shape index (κ2) is 9.21. The molecule has 2 aromatic carbocycles. The molecule has 0 aliphatic carbocycles. The lowest BCUT2D eigenvalue weighted by atomic mass is 10.1. The number of carbonyl (C=O) groups excluding carboxylic acids is 2. The van der Waals surface area contributed by atoms with Gasteiger partial charge in [0.2, 0.25) is 0 Å². The summed E-state index contributed by atoms with van der Waals surface area (Å²) >= 11 is 0. The fourth-order valence-electron chi connectivity index (χ4n) is 2.69. The van der Waals surface area contributed by atoms with E-state index in [1.807, 2.05) is 63.2 Å². The zero-order valence-corrected chi connectivity index (χ0v) is 15.2. The molecule has 134 valence electrons. The molecule has 0 fully saturated rings. The van der Waals surface area contributed by atoms with E-state index in [0.717, 1.165) is 22.8 Å². The predicted molar refractivity (Wildman–Crippen MR) is 98.0 cm³/mol. The van der Waals surface area contributed by atoms with Gasteiger partial charge in [-0.25, -0.2) is 0 Å². The number of ether oxygens (including phenoxy) is 2. The first-order valence-corrected chi connectivity index (χ1v) is 8.82. The van der Waals surface area contributed by atoms with Gasteiger partial charge in [-0.05, 0) is 34.7 Å². The fraction of sp³-hybridized carbons (Fsp3) is 0.429. The second-order valence-corrected chi connectivity index (χ2v) is 6.52. The summed E-state index contributed by atoms with van der Waals surface area (Å²) in [7, 11) is 0. The lowest BCUT2D eigenvalue weighted by Gasteiger charge is -2.19. The minimum atomic E-state index is -0.386. The fourth-order valence-corrected chi connectivity index (χ4v) is 2.69. The van der Waals surface area contributed by atoms with Gasteiger partial charge in [0.1, 0.15) is 12.7 Å². The van der Waals surface area contributed by atoms with Crippen molar-refractivity contribution in [3.05, 3.63) is 48.0 Å². The lowest BCUT2D eigenvalue weighted by molar-refractivity contribution is -0.155. The van der Waals surface area contributed by atoms with Crippen LogP contribution in [0.3, 0.4) is 0 Å². The summed E-state index contributed by atoms with van der Waals surface area (Å²) in [5, 5.41) is 2.26. The summed E-state index contributed by atoms with van der Waals surface area (Å²) < 4.78 is 10.6. The molecule has 0 heterocycles. The van der Waals surface area contributed by atoms with E-state index in [4.69, 9.17) is 9.47 Å². The number of esters is 2. The molecule has 1 atom stereocenters. The summed E-state index contributed by atoms with van der Waals surface area (Å²) in [5.74, 6) is -0.459. The molecule has 0 saturated carbocycles. The molecule has 0 spiro atoms. The quantitative estimate of drug-likeness (QED) is 0.656. The van der Waals surface area contributed by atoms with E-state index in [1.54, 1.807) is 0 Å². The molecule has 0 aliphatic rings. The van der Waals surface area contributed by atoms with Crippen molar-refractivity contribution in [2.24, 2.45) is 5.92 Å². The Hall–Kier alpha value is -2.36. The SMILES string of the molecule is CCC(OC(=O)CCC(=O)OCc1ccc2ccccc2c1)C(C)C. The number of hydrogen-bond donors (Lipinski definition) is 0. The van der Waals surface area contributed by atoms with Crippen LogP contribution in [0.2, 0.25) is 0 Å². The zero-order valence-electron chi connectivity index (χ0n) is 15.2. The molecule has 0 bridgehead atoms. The van der Waals surface area contributed by atoms with Crippen LogP contribution in [0.25, 0.3) is 10.8 Å². The highest BCUT2D eigenvalue weighted by atomic mass is 16.5. The summed E-state index contributed by atoms with van der Waals surface area (Å²) in [6.07, 6.45) is 0.775. The van der Waals surface area contributed by atoms with Gasteiger partial charge < -0.3 is 9.47 Å². The molecule has 0 saturated heterocycles. The van der Waals surface area contributed by atoms with Crippen LogP contribution < -0.4 is 0 Å². The number of fused-ring (bicyclic) bond motifs is 1. The van der Waals surface area contributed by atoms with Gasteiger partial charge in [0.15, 0.2) is 0 Å². The minimum Gasteiger partial charge on any atom is -0.462 e. The smallest absolute Gasteiger partial charge is 0.306 e. The Morgan fingerprint density at radius 2 is 1.64 bits per heavy atom. The second-order valence-electron chi connectivity index (χ2n) is 6.52. The Bertz CT molecular complexity index is 721. The van der Waals surface area contributed by atoms with Crippen LogP contribution in [-0.4, -0.2) is 18.0 Å². The normalized spacial score (nSPS) is 12.2. The van der Waals surface area contributed by atoms with Crippen LogP contribution in [0.4, 0.5) is 0 Å². The summed E-state index contributed by atoms with van der Waals surface area (Å²) in [6.45, 7) is 6.22. The van der Waals surface area contributed by atoms with E-state index >= 15 is 0 Å². The largest absolute Gasteiger partial charge is 0.462 e. The van der Waals surface area contributed by atoms with E-state index in [2.05, 4.69) is 0 Å². The van der Waals surface area contributed by atoms with Crippen molar-refractivity contribution in [3.63, 3.8) is 0 Å². The van der Waals surface area contributed by atoms with Crippen molar-refractivity contribution in [3.8, 4) is 0 Å². The van der Waals surface area contributed by atoms with Gasteiger partial charge in [-0.3, -0.25) is 9.59 Å². The van der Waals surface area contributed by atoms with E-state index in [-0.39, 0.29) is 43.4 Å². The highest BCUT2D eigenvalue weighted by Gasteiger charge is 2.17. The number of hydrogen-bond acceptors (Lipinski definition) is 4. The standard InChI is InChI=1S/C21H26O4/c1-4-19(15(2)3)25-21(23)12-11-20(22)24-14-16-9-10-17-7-5-6-8-18(17)13-16/h5-10,13,15,19H,4,11-12,14H2,1-3H3. The Kier molecular flexibility index (Phi) is 6.99. The summed E-state index contributed by atoms with van der Waals surface area (Å²) in [6, 6.07) is 14.0. The van der Waals surface area contributed by atoms with E-state index in [0.29, 0.717) is 0 Å². The van der Waals surface area contributed by atoms with Crippen molar-refractivity contribution in [1.82, 2.24) is 0 Å². The molecule has 2 aromatic rings. The van der Waals surface area contributed by atoms with Crippen LogP contribution in [0, 0.1) is 5.92 Å². The maximum Gasteiger partial charge on any atom is 0.306 e. The van der Waals surface area contributed by atoms with Crippen molar-refractivity contribution in [1.29, 1.82) is 0 Å². The predicted octanol–water partition coefficient (Wildman–Crippen LogP) is 4.64. The van der Waals surface area contributed by atoms with E-state index in [1.165, 1.54) is 0 Å². The first-order chi connectivity index (χ1) is 12.0. The van der Waals surface area contributed by atoms with Gasteiger partial charge in [0.05, 0.1) is 12.8 Å². The molecular formula is C21H26O4. The van der Waals surface area contributed by atoms with Crippen LogP contribution in [0.1, 0.15) is 45.6 Å². The van der Waals surface area contributed by atoms with Gasteiger partial charge in [-0.2, -0.15) is 0 Å². The van der Waals surface area contributed by atoms with Crippen molar-refractivity contribution < 1.29 is 19.1 Å². The van der Waals surface area contributed by atoms with Gasteiger partial charge in [0.25, 0.3) is 0 Å². The molecule has 0 amide bonds.